The van der Waals surface area contributed by atoms with E-state index >= 15 is 0 Å². The first-order valence-corrected chi connectivity index (χ1v) is 15.8. The van der Waals surface area contributed by atoms with E-state index in [-0.39, 0.29) is 0 Å². The van der Waals surface area contributed by atoms with Gasteiger partial charge in [-0.15, -0.1) is 0 Å². The minimum Gasteiger partial charge on any atom is -0.345 e. The third kappa shape index (κ3) is 5.25. The third-order valence-electron chi connectivity index (χ3n) is 9.21. The van der Waals surface area contributed by atoms with E-state index in [9.17, 15) is 0 Å². The molecule has 2 heteroatoms. The quantitative estimate of drug-likeness (QED) is 0.178. The minimum atomic E-state index is 1.17. The molecule has 0 bridgehead atoms. The van der Waals surface area contributed by atoms with Crippen molar-refractivity contribution in [2.24, 2.45) is 0 Å². The molecule has 0 radical (unpaired) electrons. The number of anilines is 4. The van der Waals surface area contributed by atoms with Crippen LogP contribution >= 0.6 is 0 Å². The molecule has 0 heterocycles. The highest BCUT2D eigenvalue weighted by molar-refractivity contribution is 6.06. The van der Waals surface area contributed by atoms with Crippen LogP contribution in [0.3, 0.4) is 0 Å². The summed E-state index contributed by atoms with van der Waals surface area (Å²) in [5.74, 6) is 0. The maximum absolute atomic E-state index is 2.33. The van der Waals surface area contributed by atoms with Crippen molar-refractivity contribution in [1.29, 1.82) is 0 Å². The molecular formula is C44H34N2. The Morgan fingerprint density at radius 2 is 0.565 bits per heavy atom. The number of hydrogen-bond donors (Lipinski definition) is 0. The first-order valence-electron chi connectivity index (χ1n) is 15.8. The molecule has 0 amide bonds. The maximum Gasteiger partial charge on any atom is 0.0408 e. The van der Waals surface area contributed by atoms with Gasteiger partial charge in [-0.1, -0.05) is 84.9 Å². The molecule has 0 unspecified atom stereocenters. The number of benzene rings is 8. The van der Waals surface area contributed by atoms with Crippen molar-refractivity contribution in [3.05, 3.63) is 170 Å². The van der Waals surface area contributed by atoms with Crippen molar-refractivity contribution >= 4 is 55.1 Å². The number of nitrogens with zero attached hydrogens (tertiary/aromatic N) is 2. The summed E-state index contributed by atoms with van der Waals surface area (Å²) >= 11 is 0. The van der Waals surface area contributed by atoms with Crippen molar-refractivity contribution in [2.75, 3.05) is 23.9 Å². The fourth-order valence-corrected chi connectivity index (χ4v) is 6.46. The summed E-state index contributed by atoms with van der Waals surface area (Å²) in [6.45, 7) is 0. The molecule has 0 aromatic heterocycles. The summed E-state index contributed by atoms with van der Waals surface area (Å²) < 4.78 is 0. The van der Waals surface area contributed by atoms with Gasteiger partial charge in [-0.2, -0.15) is 0 Å². The van der Waals surface area contributed by atoms with Crippen LogP contribution in [0.5, 0.6) is 0 Å². The lowest BCUT2D eigenvalue weighted by atomic mass is 9.95. The lowest BCUT2D eigenvalue weighted by Crippen LogP contribution is -2.08. The Balaban J connectivity index is 1.07. The van der Waals surface area contributed by atoms with E-state index in [0.29, 0.717) is 0 Å². The summed E-state index contributed by atoms with van der Waals surface area (Å²) in [6.07, 6.45) is 0. The topological polar surface area (TPSA) is 6.48 Å². The van der Waals surface area contributed by atoms with E-state index in [1.54, 1.807) is 0 Å². The lowest BCUT2D eigenvalue weighted by molar-refractivity contribution is 1.21. The molecule has 0 saturated carbocycles. The van der Waals surface area contributed by atoms with E-state index in [4.69, 9.17) is 0 Å². The smallest absolute Gasteiger partial charge is 0.0408 e. The second-order valence-electron chi connectivity index (χ2n) is 12.1. The number of para-hydroxylation sites is 2. The summed E-state index contributed by atoms with van der Waals surface area (Å²) in [5.41, 5.74) is 9.60. The molecule has 0 fully saturated rings. The van der Waals surface area contributed by atoms with Gasteiger partial charge < -0.3 is 9.80 Å². The normalized spacial score (nSPS) is 11.3. The molecule has 0 atom stereocenters. The van der Waals surface area contributed by atoms with E-state index in [0.717, 1.165) is 0 Å². The predicted octanol–water partition coefficient (Wildman–Crippen LogP) is 12.0. The van der Waals surface area contributed by atoms with E-state index < -0.39 is 0 Å². The van der Waals surface area contributed by atoms with Crippen LogP contribution in [0.1, 0.15) is 0 Å². The highest BCUT2D eigenvalue weighted by Gasteiger charge is 2.09. The second kappa shape index (κ2) is 11.6. The molecule has 0 aliphatic heterocycles. The van der Waals surface area contributed by atoms with Gasteiger partial charge in [0.1, 0.15) is 0 Å². The van der Waals surface area contributed by atoms with Gasteiger partial charge in [0.05, 0.1) is 0 Å². The first kappa shape index (κ1) is 27.7. The van der Waals surface area contributed by atoms with Gasteiger partial charge in [-0.3, -0.25) is 0 Å². The predicted molar refractivity (Wildman–Crippen MR) is 199 cm³/mol. The summed E-state index contributed by atoms with van der Waals surface area (Å²) in [6, 6.07) is 61.5. The van der Waals surface area contributed by atoms with Crippen molar-refractivity contribution < 1.29 is 0 Å². The largest absolute Gasteiger partial charge is 0.345 e. The van der Waals surface area contributed by atoms with Gasteiger partial charge in [0.2, 0.25) is 0 Å². The fourth-order valence-electron chi connectivity index (χ4n) is 6.46. The molecule has 0 saturated heterocycles. The van der Waals surface area contributed by atoms with E-state index in [2.05, 4.69) is 194 Å². The van der Waals surface area contributed by atoms with Gasteiger partial charge in [0.25, 0.3) is 0 Å². The lowest BCUT2D eigenvalue weighted by Gasteiger charge is -2.19. The molecule has 2 nitrogen and oxygen atoms in total. The van der Waals surface area contributed by atoms with Crippen molar-refractivity contribution in [3.8, 4) is 22.3 Å². The van der Waals surface area contributed by atoms with Crippen molar-refractivity contribution in [3.63, 3.8) is 0 Å². The monoisotopic (exact) mass is 590 g/mol. The molecule has 8 rings (SSSR count). The van der Waals surface area contributed by atoms with Gasteiger partial charge >= 0.3 is 0 Å². The summed E-state index contributed by atoms with van der Waals surface area (Å²) in [5, 5.41) is 7.55. The Kier molecular flexibility index (Phi) is 6.96. The molecule has 46 heavy (non-hydrogen) atoms. The van der Waals surface area contributed by atoms with Crippen LogP contribution in [0.4, 0.5) is 22.7 Å². The Morgan fingerprint density at radius 3 is 0.957 bits per heavy atom. The van der Waals surface area contributed by atoms with Crippen LogP contribution in [0.25, 0.3) is 54.6 Å². The standard InChI is InChI=1S/C44H34N2/c1-45(41-9-5-3-6-10-41)43-21-17-31(18-22-43)33-13-15-35-27-40-30-38-26-34(14-16-36(38)28-39(40)29-37(35)25-33)32-19-23-44(24-20-32)46(2)42-11-7-4-8-12-42/h3-30H,1-2H3. The average molecular weight is 591 g/mol. The van der Waals surface area contributed by atoms with Crippen LogP contribution in [0, 0.1) is 0 Å². The molecular weight excluding hydrogens is 556 g/mol. The van der Waals surface area contributed by atoms with Crippen molar-refractivity contribution in [1.82, 2.24) is 0 Å². The van der Waals surface area contributed by atoms with Crippen LogP contribution in [-0.2, 0) is 0 Å². The summed E-state index contributed by atoms with van der Waals surface area (Å²) in [4.78, 5) is 4.43. The minimum absolute atomic E-state index is 1.17. The van der Waals surface area contributed by atoms with Crippen molar-refractivity contribution in [2.45, 2.75) is 0 Å². The van der Waals surface area contributed by atoms with Gasteiger partial charge in [-0.05, 0) is 140 Å². The van der Waals surface area contributed by atoms with Crippen LogP contribution in [0.2, 0.25) is 0 Å². The Morgan fingerprint density at radius 1 is 0.261 bits per heavy atom. The summed E-state index contributed by atoms with van der Waals surface area (Å²) in [7, 11) is 4.22. The Labute approximate surface area is 270 Å². The molecule has 8 aromatic rings. The van der Waals surface area contributed by atoms with Crippen LogP contribution in [-0.4, -0.2) is 14.1 Å². The molecule has 0 N–H and O–H groups in total. The molecule has 8 aromatic carbocycles. The van der Waals surface area contributed by atoms with E-state index in [1.165, 1.54) is 77.3 Å². The van der Waals surface area contributed by atoms with Gasteiger partial charge in [0, 0.05) is 36.8 Å². The Bertz CT molecular complexity index is 2140. The maximum atomic E-state index is 2.33. The zero-order valence-electron chi connectivity index (χ0n) is 26.1. The molecule has 0 aliphatic rings. The highest BCUT2D eigenvalue weighted by Crippen LogP contribution is 2.34. The third-order valence-corrected chi connectivity index (χ3v) is 9.21. The highest BCUT2D eigenvalue weighted by atomic mass is 15.1. The fraction of sp³-hybridized carbons (Fsp3) is 0.0455. The molecule has 0 spiro atoms. The Hall–Kier alpha value is -5.86. The van der Waals surface area contributed by atoms with Crippen LogP contribution < -0.4 is 9.80 Å². The SMILES string of the molecule is CN(c1ccccc1)c1ccc(-c2ccc3cc4cc5cc(-c6ccc(N(C)c7ccccc7)cc6)ccc5cc4cc3c2)cc1. The first-order chi connectivity index (χ1) is 22.6. The number of hydrogen-bond acceptors (Lipinski definition) is 2. The second-order valence-corrected chi connectivity index (χ2v) is 12.1. The molecule has 220 valence electrons. The van der Waals surface area contributed by atoms with Gasteiger partial charge in [0.15, 0.2) is 0 Å². The van der Waals surface area contributed by atoms with Crippen LogP contribution in [0.15, 0.2) is 170 Å². The average Bonchev–Trinajstić information content (AvgIpc) is 3.13. The zero-order valence-corrected chi connectivity index (χ0v) is 26.1. The van der Waals surface area contributed by atoms with E-state index in [1.807, 2.05) is 0 Å². The molecule has 0 aliphatic carbocycles. The number of rotatable bonds is 6. The zero-order chi connectivity index (χ0) is 31.0. The van der Waals surface area contributed by atoms with Gasteiger partial charge in [-0.25, -0.2) is 0 Å². The number of fused-ring (bicyclic) bond motifs is 3.